The Morgan fingerprint density at radius 1 is 1.28 bits per heavy atom. The molecule has 0 unspecified atom stereocenters. The molecule has 1 amide bonds. The Bertz CT molecular complexity index is 380. The molecule has 0 aliphatic carbocycles. The van der Waals surface area contributed by atoms with Gasteiger partial charge in [0.25, 0.3) is 0 Å². The predicted octanol–water partition coefficient (Wildman–Crippen LogP) is 0.752. The van der Waals surface area contributed by atoms with E-state index in [0.717, 1.165) is 0 Å². The third-order valence-corrected chi connectivity index (χ3v) is 2.38. The molecule has 1 aromatic rings. The van der Waals surface area contributed by atoms with Crippen LogP contribution in [0, 0.1) is 0 Å². The molecule has 0 aliphatic heterocycles. The zero-order valence-corrected chi connectivity index (χ0v) is 11.1. The number of carbonyl (C=O) groups is 1. The number of methoxy groups -OCH3 is 1. The monoisotopic (exact) mass is 252 g/mol. The minimum atomic E-state index is 0.0484. The van der Waals surface area contributed by atoms with E-state index in [1.54, 1.807) is 26.1 Å². The molecule has 1 rings (SSSR count). The Balaban J connectivity index is 2.24. The van der Waals surface area contributed by atoms with Gasteiger partial charge in [-0.25, -0.2) is 0 Å². The summed E-state index contributed by atoms with van der Waals surface area (Å²) in [7, 11) is 5.07. The van der Waals surface area contributed by atoms with E-state index in [0.29, 0.717) is 31.2 Å². The minimum Gasteiger partial charge on any atom is -0.493 e. The normalized spacial score (nSPS) is 9.94. The summed E-state index contributed by atoms with van der Waals surface area (Å²) in [5.41, 5.74) is 0. The van der Waals surface area contributed by atoms with Crippen LogP contribution in [0.3, 0.4) is 0 Å². The molecule has 0 fully saturated rings. The molecule has 1 aromatic carbocycles. The fraction of sp³-hybridized carbons (Fsp3) is 0.462. The van der Waals surface area contributed by atoms with E-state index < -0.39 is 0 Å². The summed E-state index contributed by atoms with van der Waals surface area (Å²) in [6.07, 6.45) is 0. The first-order valence-corrected chi connectivity index (χ1v) is 5.82. The number of para-hydroxylation sites is 2. The molecule has 1 N–H and O–H groups in total. The molecule has 18 heavy (non-hydrogen) atoms. The number of carbonyl (C=O) groups excluding carboxylic acids is 1. The van der Waals surface area contributed by atoms with E-state index in [-0.39, 0.29) is 5.91 Å². The van der Waals surface area contributed by atoms with Crippen LogP contribution >= 0.6 is 0 Å². The lowest BCUT2D eigenvalue weighted by molar-refractivity contribution is -0.127. The third kappa shape index (κ3) is 4.63. The molecule has 0 atom stereocenters. The first-order chi connectivity index (χ1) is 8.65. The van der Waals surface area contributed by atoms with Crippen LogP contribution in [0.15, 0.2) is 24.3 Å². The van der Waals surface area contributed by atoms with Gasteiger partial charge in [-0.1, -0.05) is 12.1 Å². The van der Waals surface area contributed by atoms with Gasteiger partial charge < -0.3 is 19.7 Å². The summed E-state index contributed by atoms with van der Waals surface area (Å²) >= 11 is 0. The third-order valence-electron chi connectivity index (χ3n) is 2.38. The fourth-order valence-corrected chi connectivity index (χ4v) is 1.32. The van der Waals surface area contributed by atoms with Crippen LogP contribution in [-0.2, 0) is 4.79 Å². The molecular formula is C13H20N2O3. The predicted molar refractivity (Wildman–Crippen MR) is 70.1 cm³/mol. The summed E-state index contributed by atoms with van der Waals surface area (Å²) in [6.45, 7) is 1.42. The maximum absolute atomic E-state index is 11.3. The summed E-state index contributed by atoms with van der Waals surface area (Å²) in [4.78, 5) is 12.8. The zero-order chi connectivity index (χ0) is 13.4. The van der Waals surface area contributed by atoms with Crippen molar-refractivity contribution in [3.05, 3.63) is 24.3 Å². The maximum Gasteiger partial charge on any atom is 0.236 e. The Labute approximate surface area is 108 Å². The van der Waals surface area contributed by atoms with Gasteiger partial charge in [0.15, 0.2) is 11.5 Å². The Kier molecular flexibility index (Phi) is 6.00. The second-order valence-corrected chi connectivity index (χ2v) is 3.96. The summed E-state index contributed by atoms with van der Waals surface area (Å²) < 4.78 is 10.7. The lowest BCUT2D eigenvalue weighted by atomic mass is 10.3. The smallest absolute Gasteiger partial charge is 0.236 e. The number of rotatable bonds is 7. The number of nitrogens with zero attached hydrogens (tertiary/aromatic N) is 1. The average molecular weight is 252 g/mol. The molecule has 0 aromatic heterocycles. The first kappa shape index (κ1) is 14.3. The van der Waals surface area contributed by atoms with Crippen LogP contribution in [0.1, 0.15) is 0 Å². The molecule has 0 saturated carbocycles. The van der Waals surface area contributed by atoms with Crippen LogP contribution in [0.4, 0.5) is 0 Å². The average Bonchev–Trinajstić information content (AvgIpc) is 2.38. The number of likely N-dealkylation sites (N-methyl/N-ethyl adjacent to an activating group) is 1. The number of amides is 1. The van der Waals surface area contributed by atoms with Crippen LogP contribution in [0.2, 0.25) is 0 Å². The van der Waals surface area contributed by atoms with Crippen molar-refractivity contribution in [2.75, 3.05) is 40.9 Å². The van der Waals surface area contributed by atoms with Gasteiger partial charge in [-0.05, 0) is 12.1 Å². The van der Waals surface area contributed by atoms with Crippen molar-refractivity contribution < 1.29 is 14.3 Å². The van der Waals surface area contributed by atoms with Gasteiger partial charge in [0.1, 0.15) is 6.61 Å². The number of hydrogen-bond acceptors (Lipinski definition) is 4. The largest absolute Gasteiger partial charge is 0.493 e. The number of ether oxygens (including phenoxy) is 2. The molecule has 0 heterocycles. The van der Waals surface area contributed by atoms with Crippen molar-refractivity contribution >= 4 is 5.91 Å². The van der Waals surface area contributed by atoms with E-state index >= 15 is 0 Å². The van der Waals surface area contributed by atoms with Crippen LogP contribution in [0.25, 0.3) is 0 Å². The van der Waals surface area contributed by atoms with Gasteiger partial charge in [0, 0.05) is 20.6 Å². The molecule has 0 radical (unpaired) electrons. The van der Waals surface area contributed by atoms with Gasteiger partial charge in [0.05, 0.1) is 13.7 Å². The lowest BCUT2D eigenvalue weighted by Gasteiger charge is -2.12. The van der Waals surface area contributed by atoms with Crippen LogP contribution in [0.5, 0.6) is 11.5 Å². The maximum atomic E-state index is 11.3. The van der Waals surface area contributed by atoms with Crippen molar-refractivity contribution in [2.45, 2.75) is 0 Å². The van der Waals surface area contributed by atoms with Crippen molar-refractivity contribution in [3.8, 4) is 11.5 Å². The van der Waals surface area contributed by atoms with E-state index in [2.05, 4.69) is 5.32 Å². The molecular weight excluding hydrogens is 232 g/mol. The highest BCUT2D eigenvalue weighted by atomic mass is 16.5. The highest BCUT2D eigenvalue weighted by Gasteiger charge is 2.03. The standard InChI is InChI=1S/C13H20N2O3/c1-15(2)13(16)10-14-8-9-18-12-7-5-4-6-11(12)17-3/h4-7,14H,8-10H2,1-3H3. The van der Waals surface area contributed by atoms with Gasteiger partial charge >= 0.3 is 0 Å². The van der Waals surface area contributed by atoms with E-state index in [1.165, 1.54) is 0 Å². The van der Waals surface area contributed by atoms with E-state index in [9.17, 15) is 4.79 Å². The SMILES string of the molecule is COc1ccccc1OCCNCC(=O)N(C)C. The van der Waals surface area contributed by atoms with Crippen molar-refractivity contribution in [1.29, 1.82) is 0 Å². The van der Waals surface area contributed by atoms with Crippen molar-refractivity contribution in [3.63, 3.8) is 0 Å². The second-order valence-electron chi connectivity index (χ2n) is 3.96. The van der Waals surface area contributed by atoms with Crippen LogP contribution in [-0.4, -0.2) is 51.7 Å². The minimum absolute atomic E-state index is 0.0484. The van der Waals surface area contributed by atoms with Crippen molar-refractivity contribution in [2.24, 2.45) is 0 Å². The van der Waals surface area contributed by atoms with Gasteiger partial charge in [-0.15, -0.1) is 0 Å². The molecule has 5 heteroatoms. The topological polar surface area (TPSA) is 50.8 Å². The highest BCUT2D eigenvalue weighted by molar-refractivity contribution is 5.77. The number of benzene rings is 1. The van der Waals surface area contributed by atoms with Crippen LogP contribution < -0.4 is 14.8 Å². The Morgan fingerprint density at radius 3 is 2.56 bits per heavy atom. The van der Waals surface area contributed by atoms with Gasteiger partial charge in [-0.3, -0.25) is 4.79 Å². The highest BCUT2D eigenvalue weighted by Crippen LogP contribution is 2.25. The molecule has 0 spiro atoms. The Morgan fingerprint density at radius 2 is 1.94 bits per heavy atom. The quantitative estimate of drug-likeness (QED) is 0.728. The molecule has 100 valence electrons. The van der Waals surface area contributed by atoms with Gasteiger partial charge in [-0.2, -0.15) is 0 Å². The first-order valence-electron chi connectivity index (χ1n) is 5.82. The summed E-state index contributed by atoms with van der Waals surface area (Å²) in [5.74, 6) is 1.47. The molecule has 5 nitrogen and oxygen atoms in total. The lowest BCUT2D eigenvalue weighted by Crippen LogP contribution is -2.34. The second kappa shape index (κ2) is 7.55. The Hall–Kier alpha value is -1.75. The van der Waals surface area contributed by atoms with E-state index in [1.807, 2.05) is 24.3 Å². The van der Waals surface area contributed by atoms with Crippen molar-refractivity contribution in [1.82, 2.24) is 10.2 Å². The van der Waals surface area contributed by atoms with Gasteiger partial charge in [0.2, 0.25) is 5.91 Å². The number of hydrogen-bond donors (Lipinski definition) is 1. The van der Waals surface area contributed by atoms with E-state index in [4.69, 9.17) is 9.47 Å². The summed E-state index contributed by atoms with van der Waals surface area (Å²) in [6, 6.07) is 7.47. The molecule has 0 saturated heterocycles. The number of nitrogens with one attached hydrogen (secondary N) is 1. The fourth-order valence-electron chi connectivity index (χ4n) is 1.32. The molecule has 0 bridgehead atoms. The molecule has 0 aliphatic rings. The zero-order valence-electron chi connectivity index (χ0n) is 11.1. The summed E-state index contributed by atoms with van der Waals surface area (Å²) in [5, 5.41) is 3.02.